The molecule has 0 amide bonds. The van der Waals surface area contributed by atoms with Crippen molar-refractivity contribution in [3.8, 4) is 0 Å². The highest BCUT2D eigenvalue weighted by Gasteiger charge is 2.22. The van der Waals surface area contributed by atoms with Gasteiger partial charge in [0, 0.05) is 10.6 Å². The van der Waals surface area contributed by atoms with E-state index in [-0.39, 0.29) is 12.4 Å². The van der Waals surface area contributed by atoms with Crippen LogP contribution in [0.15, 0.2) is 24.3 Å². The topological polar surface area (TPSA) is 18.5 Å². The second-order valence-corrected chi connectivity index (χ2v) is 3.87. The molecule has 2 nitrogen and oxygen atoms in total. The fourth-order valence-corrected chi connectivity index (χ4v) is 1.71. The summed E-state index contributed by atoms with van der Waals surface area (Å²) in [5.41, 5.74) is 0.917. The molecule has 76 valence electrons. The Morgan fingerprint density at radius 2 is 2.14 bits per heavy atom. The second kappa shape index (κ2) is 4.30. The Morgan fingerprint density at radius 3 is 2.86 bits per heavy atom. The highest BCUT2D eigenvalue weighted by molar-refractivity contribution is 6.31. The number of hydrogen-bond donors (Lipinski definition) is 0. The van der Waals surface area contributed by atoms with Crippen molar-refractivity contribution < 1.29 is 9.47 Å². The molecule has 1 aliphatic heterocycles. The molecule has 0 aliphatic carbocycles. The molecule has 0 bridgehead atoms. The molecule has 1 aromatic rings. The van der Waals surface area contributed by atoms with E-state index < -0.39 is 0 Å². The maximum Gasteiger partial charge on any atom is 0.185 e. The normalized spacial score (nSPS) is 27.6. The molecule has 1 aliphatic rings. The smallest absolute Gasteiger partial charge is 0.185 e. The van der Waals surface area contributed by atoms with Gasteiger partial charge in [-0.3, -0.25) is 0 Å². The lowest BCUT2D eigenvalue weighted by atomic mass is 10.2. The molecule has 0 N–H and O–H groups in total. The predicted octanol–water partition coefficient (Wildman–Crippen LogP) is 3.16. The van der Waals surface area contributed by atoms with Crippen molar-refractivity contribution in [3.63, 3.8) is 0 Å². The number of benzene rings is 1. The van der Waals surface area contributed by atoms with E-state index in [0.29, 0.717) is 5.02 Å². The van der Waals surface area contributed by atoms with E-state index in [9.17, 15) is 0 Å². The average molecular weight is 213 g/mol. The van der Waals surface area contributed by atoms with Gasteiger partial charge in [0.15, 0.2) is 6.29 Å². The Bertz CT molecular complexity index is 314. The number of hydrogen-bond acceptors (Lipinski definition) is 2. The van der Waals surface area contributed by atoms with Crippen LogP contribution < -0.4 is 0 Å². The summed E-state index contributed by atoms with van der Waals surface area (Å²) >= 11 is 6.05. The Balaban J connectivity index is 2.18. The number of rotatable bonds is 1. The molecule has 0 spiro atoms. The van der Waals surface area contributed by atoms with E-state index >= 15 is 0 Å². The van der Waals surface area contributed by atoms with Crippen LogP contribution in [0.25, 0.3) is 0 Å². The third-order valence-electron chi connectivity index (χ3n) is 2.31. The third kappa shape index (κ3) is 2.08. The van der Waals surface area contributed by atoms with Gasteiger partial charge in [0.25, 0.3) is 0 Å². The van der Waals surface area contributed by atoms with Crippen molar-refractivity contribution in [2.45, 2.75) is 25.7 Å². The Morgan fingerprint density at radius 1 is 1.36 bits per heavy atom. The number of halogens is 1. The fourth-order valence-electron chi connectivity index (χ4n) is 1.49. The molecule has 0 aromatic heterocycles. The highest BCUT2D eigenvalue weighted by Crippen LogP contribution is 2.30. The zero-order chi connectivity index (χ0) is 9.97. The van der Waals surface area contributed by atoms with Crippen molar-refractivity contribution in [1.82, 2.24) is 0 Å². The van der Waals surface area contributed by atoms with Crippen molar-refractivity contribution in [2.24, 2.45) is 0 Å². The Hall–Kier alpha value is -0.570. The summed E-state index contributed by atoms with van der Waals surface area (Å²) in [4.78, 5) is 0. The average Bonchev–Trinajstić information content (AvgIpc) is 2.18. The molecule has 0 radical (unpaired) electrons. The quantitative estimate of drug-likeness (QED) is 0.712. The molecule has 2 rings (SSSR count). The van der Waals surface area contributed by atoms with Crippen LogP contribution >= 0.6 is 11.6 Å². The van der Waals surface area contributed by atoms with Crippen molar-refractivity contribution in [1.29, 1.82) is 0 Å². The maximum absolute atomic E-state index is 6.05. The fraction of sp³-hybridized carbons (Fsp3) is 0.455. The van der Waals surface area contributed by atoms with Gasteiger partial charge in [-0.2, -0.15) is 0 Å². The number of ether oxygens (including phenoxy) is 2. The predicted molar refractivity (Wildman–Crippen MR) is 55.3 cm³/mol. The summed E-state index contributed by atoms with van der Waals surface area (Å²) in [6.45, 7) is 2.78. The largest absolute Gasteiger partial charge is 0.348 e. The van der Waals surface area contributed by atoms with Crippen molar-refractivity contribution >= 4 is 11.6 Å². The van der Waals surface area contributed by atoms with Gasteiger partial charge < -0.3 is 9.47 Å². The van der Waals surface area contributed by atoms with Gasteiger partial charge in [-0.05, 0) is 19.4 Å². The van der Waals surface area contributed by atoms with Gasteiger partial charge in [-0.25, -0.2) is 0 Å². The molecule has 1 saturated heterocycles. The van der Waals surface area contributed by atoms with Crippen LogP contribution in [0, 0.1) is 0 Å². The first-order valence-corrected chi connectivity index (χ1v) is 5.16. The molecule has 1 fully saturated rings. The highest BCUT2D eigenvalue weighted by atomic mass is 35.5. The third-order valence-corrected chi connectivity index (χ3v) is 2.65. The van der Waals surface area contributed by atoms with Crippen LogP contribution in [-0.2, 0) is 9.47 Å². The van der Waals surface area contributed by atoms with E-state index in [0.717, 1.165) is 18.6 Å². The van der Waals surface area contributed by atoms with Gasteiger partial charge >= 0.3 is 0 Å². The van der Waals surface area contributed by atoms with Gasteiger partial charge in [0.05, 0.1) is 12.7 Å². The summed E-state index contributed by atoms with van der Waals surface area (Å²) < 4.78 is 11.2. The van der Waals surface area contributed by atoms with E-state index in [1.165, 1.54) is 0 Å². The molecule has 3 heteroatoms. The first kappa shape index (κ1) is 9.97. The van der Waals surface area contributed by atoms with Gasteiger partial charge in [-0.1, -0.05) is 29.8 Å². The SMILES string of the molecule is C[C@H]1CCO[C@@H](c2ccccc2Cl)O1. The van der Waals surface area contributed by atoms with E-state index in [1.54, 1.807) is 0 Å². The minimum absolute atomic E-state index is 0.241. The van der Waals surface area contributed by atoms with E-state index in [1.807, 2.05) is 31.2 Å². The summed E-state index contributed by atoms with van der Waals surface area (Å²) in [6.07, 6.45) is 0.887. The summed E-state index contributed by atoms with van der Waals surface area (Å²) in [6, 6.07) is 7.62. The lowest BCUT2D eigenvalue weighted by Gasteiger charge is -2.28. The van der Waals surface area contributed by atoms with E-state index in [2.05, 4.69) is 0 Å². The first-order chi connectivity index (χ1) is 6.77. The molecule has 14 heavy (non-hydrogen) atoms. The minimum Gasteiger partial charge on any atom is -0.348 e. The zero-order valence-electron chi connectivity index (χ0n) is 8.07. The molecule has 2 atom stereocenters. The lowest BCUT2D eigenvalue weighted by Crippen LogP contribution is -2.24. The maximum atomic E-state index is 6.05. The van der Waals surface area contributed by atoms with E-state index in [4.69, 9.17) is 21.1 Å². The molecule has 1 aromatic carbocycles. The van der Waals surface area contributed by atoms with Crippen molar-refractivity contribution in [3.05, 3.63) is 34.9 Å². The van der Waals surface area contributed by atoms with Crippen LogP contribution in [0.4, 0.5) is 0 Å². The molecular formula is C11H13ClO2. The van der Waals surface area contributed by atoms with Crippen LogP contribution in [0.5, 0.6) is 0 Å². The minimum atomic E-state index is -0.299. The standard InChI is InChI=1S/C11H13ClO2/c1-8-6-7-13-11(14-8)9-4-2-3-5-10(9)12/h2-5,8,11H,6-7H2,1H3/t8-,11+/m0/s1. The van der Waals surface area contributed by atoms with Crippen LogP contribution in [0.3, 0.4) is 0 Å². The molecular weight excluding hydrogens is 200 g/mol. The second-order valence-electron chi connectivity index (χ2n) is 3.46. The monoisotopic (exact) mass is 212 g/mol. The van der Waals surface area contributed by atoms with Crippen molar-refractivity contribution in [2.75, 3.05) is 6.61 Å². The molecule has 1 heterocycles. The van der Waals surface area contributed by atoms with Crippen LogP contribution in [0.2, 0.25) is 5.02 Å². The Labute approximate surface area is 88.8 Å². The summed E-state index contributed by atoms with van der Waals surface area (Å²) in [5.74, 6) is 0. The zero-order valence-corrected chi connectivity index (χ0v) is 8.83. The van der Waals surface area contributed by atoms with Crippen LogP contribution in [-0.4, -0.2) is 12.7 Å². The summed E-state index contributed by atoms with van der Waals surface area (Å²) in [7, 11) is 0. The Kier molecular flexibility index (Phi) is 3.06. The summed E-state index contributed by atoms with van der Waals surface area (Å²) in [5, 5.41) is 0.701. The van der Waals surface area contributed by atoms with Gasteiger partial charge in [-0.15, -0.1) is 0 Å². The first-order valence-electron chi connectivity index (χ1n) is 4.79. The van der Waals surface area contributed by atoms with Crippen LogP contribution in [0.1, 0.15) is 25.2 Å². The van der Waals surface area contributed by atoms with Gasteiger partial charge in [0.2, 0.25) is 0 Å². The molecule has 0 unspecified atom stereocenters. The molecule has 0 saturated carbocycles. The lowest BCUT2D eigenvalue weighted by molar-refractivity contribution is -0.212. The van der Waals surface area contributed by atoms with Gasteiger partial charge in [0.1, 0.15) is 0 Å².